The Bertz CT molecular complexity index is 518. The van der Waals surface area contributed by atoms with Crippen molar-refractivity contribution in [1.29, 1.82) is 0 Å². The van der Waals surface area contributed by atoms with Gasteiger partial charge in [0, 0.05) is 5.75 Å². The summed E-state index contributed by atoms with van der Waals surface area (Å²) in [5.41, 5.74) is -0.297. The van der Waals surface area contributed by atoms with E-state index in [0.717, 1.165) is 23.4 Å². The second-order valence-electron chi connectivity index (χ2n) is 6.01. The van der Waals surface area contributed by atoms with Gasteiger partial charge >= 0.3 is 6.18 Å². The predicted molar refractivity (Wildman–Crippen MR) is 80.6 cm³/mol. The van der Waals surface area contributed by atoms with Gasteiger partial charge in [0.25, 0.3) is 0 Å². The Morgan fingerprint density at radius 2 is 1.95 bits per heavy atom. The lowest BCUT2D eigenvalue weighted by Gasteiger charge is -2.31. The minimum absolute atomic E-state index is 0.0757. The maximum absolute atomic E-state index is 12.4. The summed E-state index contributed by atoms with van der Waals surface area (Å²) in [7, 11) is 0. The molecule has 0 saturated heterocycles. The summed E-state index contributed by atoms with van der Waals surface area (Å²) in [4.78, 5) is 8.07. The van der Waals surface area contributed by atoms with Crippen LogP contribution in [0.5, 0.6) is 0 Å². The summed E-state index contributed by atoms with van der Waals surface area (Å²) in [6.45, 7) is 6.40. The van der Waals surface area contributed by atoms with Crippen LogP contribution in [0, 0.1) is 5.41 Å². The van der Waals surface area contributed by atoms with Crippen LogP contribution in [0.25, 0.3) is 0 Å². The summed E-state index contributed by atoms with van der Waals surface area (Å²) in [6, 6.07) is 2.56. The number of hydrogen-bond donors (Lipinski definition) is 1. The quantitative estimate of drug-likeness (QED) is 0.833. The Hall–Kier alpha value is -1.24. The minimum Gasteiger partial charge on any atom is -0.334 e. The molecule has 2 heterocycles. The molecule has 1 aliphatic heterocycles. The number of rotatable bonds is 1. The van der Waals surface area contributed by atoms with Gasteiger partial charge in [0.2, 0.25) is 0 Å². The van der Waals surface area contributed by atoms with Gasteiger partial charge in [-0.2, -0.15) is 13.2 Å². The van der Waals surface area contributed by atoms with Crippen molar-refractivity contribution in [2.45, 2.75) is 39.4 Å². The predicted octanol–water partition coefficient (Wildman–Crippen LogP) is 4.42. The fourth-order valence-corrected chi connectivity index (χ4v) is 2.89. The number of nitrogens with one attached hydrogen (secondary N) is 1. The molecule has 1 aromatic heterocycles. The Labute approximate surface area is 126 Å². The molecule has 3 nitrogen and oxygen atoms in total. The third-order valence-electron chi connectivity index (χ3n) is 3.21. The van der Waals surface area contributed by atoms with E-state index in [0.29, 0.717) is 5.69 Å². The van der Waals surface area contributed by atoms with E-state index < -0.39 is 11.9 Å². The van der Waals surface area contributed by atoms with Crippen LogP contribution < -0.4 is 5.32 Å². The molecule has 1 aliphatic rings. The highest BCUT2D eigenvalue weighted by Crippen LogP contribution is 2.31. The maximum atomic E-state index is 12.4. The normalized spacial score (nSPS) is 20.1. The first-order valence-electron chi connectivity index (χ1n) is 6.67. The summed E-state index contributed by atoms with van der Waals surface area (Å²) in [5, 5.41) is 3.78. The third kappa shape index (κ3) is 4.36. The molecule has 0 amide bonds. The fourth-order valence-electron chi connectivity index (χ4n) is 1.96. The number of amidine groups is 1. The molecule has 1 atom stereocenters. The summed E-state index contributed by atoms with van der Waals surface area (Å²) < 4.78 is 37.3. The number of thioether (sulfide) groups is 1. The zero-order valence-corrected chi connectivity index (χ0v) is 13.0. The van der Waals surface area contributed by atoms with Crippen molar-refractivity contribution >= 4 is 22.6 Å². The lowest BCUT2D eigenvalue weighted by molar-refractivity contribution is -0.141. The lowest BCUT2D eigenvalue weighted by atomic mass is 9.85. The van der Waals surface area contributed by atoms with Crippen molar-refractivity contribution in [1.82, 2.24) is 4.98 Å². The third-order valence-corrected chi connectivity index (χ3v) is 4.13. The number of aliphatic imine (C=N–C) groups is 1. The van der Waals surface area contributed by atoms with Gasteiger partial charge in [-0.1, -0.05) is 32.5 Å². The number of halogens is 3. The van der Waals surface area contributed by atoms with Gasteiger partial charge in [0.1, 0.15) is 5.69 Å². The first-order valence-corrected chi connectivity index (χ1v) is 7.66. The fraction of sp³-hybridized carbons (Fsp3) is 0.571. The molecule has 1 unspecified atom stereocenters. The molecule has 1 aromatic rings. The number of anilines is 1. The number of pyridine rings is 1. The zero-order valence-electron chi connectivity index (χ0n) is 12.2. The van der Waals surface area contributed by atoms with Crippen LogP contribution in [-0.2, 0) is 6.18 Å². The van der Waals surface area contributed by atoms with Crippen LogP contribution in [0.3, 0.4) is 0 Å². The van der Waals surface area contributed by atoms with Gasteiger partial charge < -0.3 is 5.32 Å². The highest BCUT2D eigenvalue weighted by Gasteiger charge is 2.32. The van der Waals surface area contributed by atoms with E-state index in [1.165, 1.54) is 12.3 Å². The van der Waals surface area contributed by atoms with E-state index in [1.807, 2.05) is 0 Å². The number of nitrogens with zero attached hydrogens (tertiary/aromatic N) is 2. The van der Waals surface area contributed by atoms with E-state index >= 15 is 0 Å². The highest BCUT2D eigenvalue weighted by molar-refractivity contribution is 8.14. The molecule has 0 aromatic carbocycles. The second kappa shape index (κ2) is 5.87. The van der Waals surface area contributed by atoms with Crippen molar-refractivity contribution in [2.24, 2.45) is 10.4 Å². The van der Waals surface area contributed by atoms with Crippen LogP contribution in [0.15, 0.2) is 23.3 Å². The second-order valence-corrected chi connectivity index (χ2v) is 7.09. The van der Waals surface area contributed by atoms with E-state index in [2.05, 4.69) is 36.1 Å². The molecule has 0 aliphatic carbocycles. The molecule has 7 heteroatoms. The zero-order chi connectivity index (χ0) is 15.7. The first kappa shape index (κ1) is 16.1. The molecular weight excluding hydrogens is 299 g/mol. The average molecular weight is 317 g/mol. The minimum atomic E-state index is -4.41. The van der Waals surface area contributed by atoms with Crippen LogP contribution in [-0.4, -0.2) is 21.9 Å². The van der Waals surface area contributed by atoms with Gasteiger partial charge in [-0.15, -0.1) is 0 Å². The average Bonchev–Trinajstić information content (AvgIpc) is 2.37. The first-order chi connectivity index (χ1) is 9.66. The molecule has 116 valence electrons. The smallest absolute Gasteiger partial charge is 0.334 e. The van der Waals surface area contributed by atoms with E-state index in [4.69, 9.17) is 0 Å². The summed E-state index contributed by atoms with van der Waals surface area (Å²) in [5.74, 6) is 0.946. The molecule has 1 N–H and O–H groups in total. The largest absolute Gasteiger partial charge is 0.433 e. The van der Waals surface area contributed by atoms with Gasteiger partial charge in [0.05, 0.1) is 17.9 Å². The maximum Gasteiger partial charge on any atom is 0.433 e. The summed E-state index contributed by atoms with van der Waals surface area (Å²) >= 11 is 1.58. The topological polar surface area (TPSA) is 37.3 Å². The molecule has 0 fully saturated rings. The molecule has 0 saturated carbocycles. The van der Waals surface area contributed by atoms with E-state index in [1.54, 1.807) is 11.8 Å². The van der Waals surface area contributed by atoms with Crippen molar-refractivity contribution in [2.75, 3.05) is 11.1 Å². The van der Waals surface area contributed by atoms with E-state index in [-0.39, 0.29) is 11.5 Å². The van der Waals surface area contributed by atoms with Gasteiger partial charge in [-0.25, -0.2) is 4.98 Å². The van der Waals surface area contributed by atoms with Crippen LogP contribution in [0.2, 0.25) is 0 Å². The molecule has 2 rings (SSSR count). The van der Waals surface area contributed by atoms with Crippen LogP contribution in [0.4, 0.5) is 18.9 Å². The Balaban J connectivity index is 2.09. The van der Waals surface area contributed by atoms with Crippen molar-refractivity contribution in [3.05, 3.63) is 24.0 Å². The highest BCUT2D eigenvalue weighted by atomic mass is 32.2. The summed E-state index contributed by atoms with van der Waals surface area (Å²) in [6.07, 6.45) is -2.22. The molecule has 0 bridgehead atoms. The Morgan fingerprint density at radius 1 is 1.24 bits per heavy atom. The monoisotopic (exact) mass is 317 g/mol. The van der Waals surface area contributed by atoms with Crippen molar-refractivity contribution < 1.29 is 13.2 Å². The number of alkyl halides is 3. The molecule has 21 heavy (non-hydrogen) atoms. The number of aromatic nitrogens is 1. The molecular formula is C14H18F3N3S. The van der Waals surface area contributed by atoms with E-state index in [9.17, 15) is 13.2 Å². The molecule has 0 radical (unpaired) electrons. The SMILES string of the molecule is CC(C)(C)C1CCSC(Nc2ccc(C(F)(F)F)nc2)=N1. The standard InChI is InChI=1S/C14H18F3N3S/c1-13(2,3)10-6-7-21-12(20-10)19-9-4-5-11(18-8-9)14(15,16)17/h4-5,8,10H,6-7H2,1-3H3,(H,19,20). The van der Waals surface area contributed by atoms with Crippen molar-refractivity contribution in [3.63, 3.8) is 0 Å². The van der Waals surface area contributed by atoms with Gasteiger partial charge in [-0.3, -0.25) is 4.99 Å². The van der Waals surface area contributed by atoms with Crippen molar-refractivity contribution in [3.8, 4) is 0 Å². The van der Waals surface area contributed by atoms with Gasteiger partial charge in [-0.05, 0) is 24.0 Å². The number of hydrogen-bond acceptors (Lipinski definition) is 4. The van der Waals surface area contributed by atoms with Crippen LogP contribution in [0.1, 0.15) is 32.9 Å². The Morgan fingerprint density at radius 3 is 2.48 bits per heavy atom. The van der Waals surface area contributed by atoms with Crippen LogP contribution >= 0.6 is 11.8 Å². The molecule has 0 spiro atoms. The Kier molecular flexibility index (Phi) is 4.51. The lowest BCUT2D eigenvalue weighted by Crippen LogP contribution is -2.30. The van der Waals surface area contributed by atoms with Gasteiger partial charge in [0.15, 0.2) is 5.17 Å².